The maximum atomic E-state index is 11.6. The third-order valence-corrected chi connectivity index (χ3v) is 4.30. The maximum absolute atomic E-state index is 11.6. The van der Waals surface area contributed by atoms with Gasteiger partial charge in [-0.05, 0) is 39.5 Å². The van der Waals surface area contributed by atoms with Gasteiger partial charge in [0.1, 0.15) is 0 Å². The van der Waals surface area contributed by atoms with Crippen molar-refractivity contribution < 1.29 is 28.0 Å². The number of phosphoric acid groups is 1. The summed E-state index contributed by atoms with van der Waals surface area (Å²) in [6.07, 6.45) is 7.58. The third-order valence-electron chi connectivity index (χ3n) is 3.28. The van der Waals surface area contributed by atoms with Gasteiger partial charge in [-0.15, -0.1) is 0 Å². The highest BCUT2D eigenvalue weighted by Crippen LogP contribution is 2.43. The van der Waals surface area contributed by atoms with Gasteiger partial charge in [0.15, 0.2) is 0 Å². The van der Waals surface area contributed by atoms with Crippen molar-refractivity contribution >= 4 is 7.82 Å². The summed E-state index contributed by atoms with van der Waals surface area (Å²) in [4.78, 5) is 9.53. The van der Waals surface area contributed by atoms with Gasteiger partial charge in [0.2, 0.25) is 0 Å². The van der Waals surface area contributed by atoms with Crippen LogP contribution in [0.15, 0.2) is 0 Å². The third kappa shape index (κ3) is 18.2. The van der Waals surface area contributed by atoms with Crippen LogP contribution in [-0.4, -0.2) is 44.5 Å². The molecule has 0 atom stereocenters. The summed E-state index contributed by atoms with van der Waals surface area (Å²) < 4.78 is 32.0. The van der Waals surface area contributed by atoms with Crippen molar-refractivity contribution in [3.63, 3.8) is 0 Å². The summed E-state index contributed by atoms with van der Waals surface area (Å²) >= 11 is 0. The van der Waals surface area contributed by atoms with E-state index in [4.69, 9.17) is 18.5 Å². The van der Waals surface area contributed by atoms with Crippen molar-refractivity contribution in [2.75, 3.05) is 39.6 Å². The highest BCUT2D eigenvalue weighted by molar-refractivity contribution is 7.47. The summed E-state index contributed by atoms with van der Waals surface area (Å²) in [6, 6.07) is 0. The van der Waals surface area contributed by atoms with E-state index in [1.165, 1.54) is 0 Å². The molecule has 0 amide bonds. The Hall–Kier alpha value is 0.0300. The number of hydrogen-bond donors (Lipinski definition) is 1. The van der Waals surface area contributed by atoms with Crippen LogP contribution in [0.2, 0.25) is 0 Å². The minimum Gasteiger partial charge on any atom is -0.382 e. The zero-order chi connectivity index (χ0) is 17.2. The van der Waals surface area contributed by atoms with E-state index in [2.05, 4.69) is 0 Å². The molecular formula is C16H35O6P. The Kier molecular flexibility index (Phi) is 16.9. The monoisotopic (exact) mass is 354 g/mol. The molecule has 0 aliphatic rings. The standard InChI is InChI=1S/C16H35O6P/c1-3-19-13-9-5-7-11-15-21-23(17,18)22-16-12-8-6-10-14-20-4-2/h3-16H2,1-2H3,(H,17,18). The molecule has 0 saturated carbocycles. The quantitative estimate of drug-likeness (QED) is 0.292. The molecule has 0 aromatic carbocycles. The van der Waals surface area contributed by atoms with Crippen LogP contribution in [0.25, 0.3) is 0 Å². The van der Waals surface area contributed by atoms with E-state index < -0.39 is 7.82 Å². The molecule has 140 valence electrons. The smallest absolute Gasteiger partial charge is 0.382 e. The van der Waals surface area contributed by atoms with Gasteiger partial charge in [-0.25, -0.2) is 4.57 Å². The number of ether oxygens (including phenoxy) is 2. The van der Waals surface area contributed by atoms with Crippen LogP contribution in [0, 0.1) is 0 Å². The van der Waals surface area contributed by atoms with Gasteiger partial charge in [-0.1, -0.05) is 25.7 Å². The topological polar surface area (TPSA) is 74.2 Å². The molecule has 0 unspecified atom stereocenters. The van der Waals surface area contributed by atoms with Gasteiger partial charge >= 0.3 is 7.82 Å². The van der Waals surface area contributed by atoms with E-state index in [-0.39, 0.29) is 13.2 Å². The maximum Gasteiger partial charge on any atom is 0.472 e. The predicted molar refractivity (Wildman–Crippen MR) is 91.7 cm³/mol. The second-order valence-electron chi connectivity index (χ2n) is 5.36. The summed E-state index contributed by atoms with van der Waals surface area (Å²) in [6.45, 7) is 7.54. The van der Waals surface area contributed by atoms with Crippen molar-refractivity contribution in [1.82, 2.24) is 0 Å². The van der Waals surface area contributed by atoms with E-state index in [0.717, 1.165) is 77.8 Å². The Morgan fingerprint density at radius 3 is 1.35 bits per heavy atom. The van der Waals surface area contributed by atoms with E-state index in [1.54, 1.807) is 0 Å². The number of phosphoric ester groups is 1. The fraction of sp³-hybridized carbons (Fsp3) is 1.00. The molecule has 0 fully saturated rings. The number of hydrogen-bond acceptors (Lipinski definition) is 5. The lowest BCUT2D eigenvalue weighted by Crippen LogP contribution is -2.00. The lowest BCUT2D eigenvalue weighted by atomic mass is 10.2. The minimum absolute atomic E-state index is 0.261. The molecule has 0 aromatic heterocycles. The molecule has 0 aliphatic heterocycles. The Morgan fingerprint density at radius 1 is 0.652 bits per heavy atom. The largest absolute Gasteiger partial charge is 0.472 e. The molecule has 0 heterocycles. The first kappa shape index (κ1) is 23.0. The van der Waals surface area contributed by atoms with Crippen molar-refractivity contribution in [2.24, 2.45) is 0 Å². The van der Waals surface area contributed by atoms with E-state index in [1.807, 2.05) is 13.8 Å². The SMILES string of the molecule is CCOCCCCCCOP(=O)(O)OCCCCCCOCC. The normalized spacial score (nSPS) is 12.0. The molecule has 0 aliphatic carbocycles. The molecule has 0 radical (unpaired) electrons. The molecule has 6 nitrogen and oxygen atoms in total. The van der Waals surface area contributed by atoms with Crippen LogP contribution in [-0.2, 0) is 23.1 Å². The van der Waals surface area contributed by atoms with Gasteiger partial charge in [0.05, 0.1) is 13.2 Å². The van der Waals surface area contributed by atoms with Crippen molar-refractivity contribution in [2.45, 2.75) is 65.2 Å². The van der Waals surface area contributed by atoms with E-state index in [0.29, 0.717) is 0 Å². The van der Waals surface area contributed by atoms with E-state index in [9.17, 15) is 9.46 Å². The molecule has 23 heavy (non-hydrogen) atoms. The summed E-state index contributed by atoms with van der Waals surface area (Å²) in [5.74, 6) is 0. The molecule has 0 spiro atoms. The van der Waals surface area contributed by atoms with Gasteiger partial charge in [-0.2, -0.15) is 0 Å². The average Bonchev–Trinajstić information content (AvgIpc) is 2.52. The summed E-state index contributed by atoms with van der Waals surface area (Å²) in [5.41, 5.74) is 0. The summed E-state index contributed by atoms with van der Waals surface area (Å²) in [7, 11) is -3.87. The summed E-state index contributed by atoms with van der Waals surface area (Å²) in [5, 5.41) is 0. The zero-order valence-electron chi connectivity index (χ0n) is 14.8. The Labute approximate surface area is 141 Å². The van der Waals surface area contributed by atoms with Gasteiger partial charge < -0.3 is 14.4 Å². The van der Waals surface area contributed by atoms with Crippen LogP contribution in [0.4, 0.5) is 0 Å². The Bertz CT molecular complexity index is 264. The van der Waals surface area contributed by atoms with Crippen molar-refractivity contribution in [1.29, 1.82) is 0 Å². The fourth-order valence-corrected chi connectivity index (χ4v) is 2.80. The molecule has 1 N–H and O–H groups in total. The first-order valence-electron chi connectivity index (χ1n) is 8.89. The Morgan fingerprint density at radius 2 is 1.00 bits per heavy atom. The lowest BCUT2D eigenvalue weighted by molar-refractivity contribution is 0.135. The molecular weight excluding hydrogens is 319 g/mol. The van der Waals surface area contributed by atoms with Crippen LogP contribution >= 0.6 is 7.82 Å². The van der Waals surface area contributed by atoms with Crippen molar-refractivity contribution in [3.05, 3.63) is 0 Å². The first-order valence-corrected chi connectivity index (χ1v) is 10.4. The highest BCUT2D eigenvalue weighted by atomic mass is 31.2. The number of rotatable bonds is 18. The lowest BCUT2D eigenvalue weighted by Gasteiger charge is -2.12. The Balaban J connectivity index is 3.35. The van der Waals surface area contributed by atoms with Gasteiger partial charge in [0.25, 0.3) is 0 Å². The average molecular weight is 354 g/mol. The number of unbranched alkanes of at least 4 members (excludes halogenated alkanes) is 6. The second-order valence-corrected chi connectivity index (χ2v) is 6.81. The molecule has 0 saturated heterocycles. The fourth-order valence-electron chi connectivity index (χ4n) is 2.01. The van der Waals surface area contributed by atoms with Crippen molar-refractivity contribution in [3.8, 4) is 0 Å². The minimum atomic E-state index is -3.87. The predicted octanol–water partition coefficient (Wildman–Crippen LogP) is 4.31. The molecule has 0 rings (SSSR count). The molecule has 7 heteroatoms. The molecule has 0 aromatic rings. The first-order chi connectivity index (χ1) is 11.1. The van der Waals surface area contributed by atoms with E-state index >= 15 is 0 Å². The highest BCUT2D eigenvalue weighted by Gasteiger charge is 2.19. The van der Waals surface area contributed by atoms with Crippen LogP contribution < -0.4 is 0 Å². The molecule has 0 bridgehead atoms. The zero-order valence-corrected chi connectivity index (χ0v) is 15.7. The van der Waals surface area contributed by atoms with Crippen LogP contribution in [0.1, 0.15) is 65.2 Å². The van der Waals surface area contributed by atoms with Gasteiger partial charge in [0, 0.05) is 26.4 Å². The van der Waals surface area contributed by atoms with Crippen LogP contribution in [0.3, 0.4) is 0 Å². The van der Waals surface area contributed by atoms with Gasteiger partial charge in [-0.3, -0.25) is 9.05 Å². The van der Waals surface area contributed by atoms with Crippen LogP contribution in [0.5, 0.6) is 0 Å². The second kappa shape index (κ2) is 16.9.